The number of carbonyl (C=O) groups excluding carboxylic acids is 2. The summed E-state index contributed by atoms with van der Waals surface area (Å²) < 4.78 is 78.8. The average molecular weight is 553 g/mol. The fraction of sp³-hybridized carbons (Fsp3) is 0.200. The van der Waals surface area contributed by atoms with E-state index in [1.165, 1.54) is 24.3 Å². The highest BCUT2D eigenvalue weighted by atomic mass is 32.2. The molecule has 0 saturated heterocycles. The Kier molecular flexibility index (Phi) is 8.66. The highest BCUT2D eigenvalue weighted by Crippen LogP contribution is 2.36. The normalized spacial score (nSPS) is 11.8. The van der Waals surface area contributed by atoms with Gasteiger partial charge in [-0.15, -0.1) is 10.2 Å². The Morgan fingerprint density at radius 3 is 1.46 bits per heavy atom. The van der Waals surface area contributed by atoms with Crippen LogP contribution in [0.15, 0.2) is 57.2 Å². The topological polar surface area (TPSA) is 84.0 Å². The number of anilines is 2. The lowest BCUT2D eigenvalue weighted by atomic mass is 10.1. The van der Waals surface area contributed by atoms with E-state index in [1.54, 1.807) is 0 Å². The molecule has 0 aliphatic rings. The molecule has 2 amide bonds. The third-order valence-corrected chi connectivity index (χ3v) is 7.24. The lowest BCUT2D eigenvalue weighted by Gasteiger charge is -2.13. The minimum Gasteiger partial charge on any atom is -0.325 e. The number of aromatic nitrogens is 2. The quantitative estimate of drug-likeness (QED) is 0.262. The van der Waals surface area contributed by atoms with Crippen molar-refractivity contribution in [1.82, 2.24) is 10.2 Å². The van der Waals surface area contributed by atoms with E-state index < -0.39 is 35.3 Å². The highest BCUT2D eigenvalue weighted by Gasteiger charge is 2.34. The number of alkyl halides is 6. The van der Waals surface area contributed by atoms with Gasteiger partial charge in [0.15, 0.2) is 8.68 Å². The highest BCUT2D eigenvalue weighted by molar-refractivity contribution is 8.03. The van der Waals surface area contributed by atoms with Gasteiger partial charge in [0.25, 0.3) is 0 Å². The van der Waals surface area contributed by atoms with Gasteiger partial charge >= 0.3 is 12.4 Å². The van der Waals surface area contributed by atoms with Gasteiger partial charge in [-0.3, -0.25) is 9.59 Å². The SMILES string of the molecule is O=C(CSc1nnc(SCC(=O)Nc2ccccc2C(F)(F)F)s1)Nc1ccccc1C(F)(F)F. The van der Waals surface area contributed by atoms with Crippen molar-refractivity contribution in [2.24, 2.45) is 0 Å². The Morgan fingerprint density at radius 2 is 1.09 bits per heavy atom. The summed E-state index contributed by atoms with van der Waals surface area (Å²) in [5.41, 5.74) is -2.66. The van der Waals surface area contributed by atoms with E-state index in [1.807, 2.05) is 0 Å². The molecular formula is C20H14F6N4O2S3. The molecule has 0 fully saturated rings. The van der Waals surface area contributed by atoms with Crippen molar-refractivity contribution in [3.8, 4) is 0 Å². The van der Waals surface area contributed by atoms with Crippen LogP contribution < -0.4 is 10.6 Å². The minimum absolute atomic E-state index is 0.236. The third kappa shape index (κ3) is 7.86. The first kappa shape index (κ1) is 26.8. The number of amides is 2. The molecule has 2 N–H and O–H groups in total. The molecule has 2 aromatic carbocycles. The van der Waals surface area contributed by atoms with Crippen molar-refractivity contribution in [3.63, 3.8) is 0 Å². The van der Waals surface area contributed by atoms with Gasteiger partial charge in [-0.2, -0.15) is 26.3 Å². The molecule has 1 aromatic heterocycles. The molecule has 35 heavy (non-hydrogen) atoms. The standard InChI is InChI=1S/C20H14F6N4O2S3/c21-19(22,23)11-5-1-3-7-13(11)27-15(31)9-33-17-29-30-18(35-17)34-10-16(32)28-14-8-4-2-6-12(14)20(24,25)26/h1-8H,9-10H2,(H,27,31)(H,28,32). The number of carbonyl (C=O) groups is 2. The number of nitrogens with zero attached hydrogens (tertiary/aromatic N) is 2. The van der Waals surface area contributed by atoms with E-state index in [0.29, 0.717) is 8.68 Å². The predicted octanol–water partition coefficient (Wildman–Crippen LogP) is 6.04. The molecule has 186 valence electrons. The Morgan fingerprint density at radius 1 is 0.714 bits per heavy atom. The molecule has 0 bridgehead atoms. The molecule has 0 aliphatic heterocycles. The lowest BCUT2D eigenvalue weighted by molar-refractivity contribution is -0.137. The summed E-state index contributed by atoms with van der Waals surface area (Å²) in [6, 6.07) is 9.15. The summed E-state index contributed by atoms with van der Waals surface area (Å²) in [6.45, 7) is 0. The molecule has 6 nitrogen and oxygen atoms in total. The Hall–Kier alpha value is -2.78. The average Bonchev–Trinajstić information content (AvgIpc) is 3.23. The molecule has 1 heterocycles. The maximum atomic E-state index is 13.0. The van der Waals surface area contributed by atoms with Crippen LogP contribution in [0.2, 0.25) is 0 Å². The van der Waals surface area contributed by atoms with Gasteiger partial charge in [-0.05, 0) is 24.3 Å². The summed E-state index contributed by atoms with van der Waals surface area (Å²) in [5.74, 6) is -1.84. The van der Waals surface area contributed by atoms with Crippen LogP contribution in [0.1, 0.15) is 11.1 Å². The van der Waals surface area contributed by atoms with Gasteiger partial charge in [0, 0.05) is 0 Å². The van der Waals surface area contributed by atoms with E-state index >= 15 is 0 Å². The van der Waals surface area contributed by atoms with Crippen LogP contribution in [0.25, 0.3) is 0 Å². The first-order valence-electron chi connectivity index (χ1n) is 9.45. The Labute approximate surface area is 206 Å². The largest absolute Gasteiger partial charge is 0.418 e. The van der Waals surface area contributed by atoms with Crippen molar-refractivity contribution < 1.29 is 35.9 Å². The van der Waals surface area contributed by atoms with Gasteiger partial charge in [0.05, 0.1) is 34.0 Å². The lowest BCUT2D eigenvalue weighted by Crippen LogP contribution is -2.18. The summed E-state index contributed by atoms with van der Waals surface area (Å²) in [4.78, 5) is 24.2. The Balaban J connectivity index is 1.49. The van der Waals surface area contributed by atoms with Crippen molar-refractivity contribution >= 4 is 58.0 Å². The van der Waals surface area contributed by atoms with Crippen molar-refractivity contribution in [3.05, 3.63) is 59.7 Å². The van der Waals surface area contributed by atoms with E-state index in [4.69, 9.17) is 0 Å². The molecule has 3 aromatic rings. The molecule has 0 spiro atoms. The van der Waals surface area contributed by atoms with E-state index in [2.05, 4.69) is 20.8 Å². The van der Waals surface area contributed by atoms with Crippen LogP contribution in [0.5, 0.6) is 0 Å². The number of para-hydroxylation sites is 2. The van der Waals surface area contributed by atoms with Crippen LogP contribution in [0, 0.1) is 0 Å². The third-order valence-electron chi connectivity index (χ3n) is 4.05. The van der Waals surface area contributed by atoms with Crippen molar-refractivity contribution in [2.75, 3.05) is 22.1 Å². The maximum Gasteiger partial charge on any atom is 0.418 e. The fourth-order valence-corrected chi connectivity index (χ4v) is 5.24. The van der Waals surface area contributed by atoms with Gasteiger partial charge in [0.1, 0.15) is 0 Å². The summed E-state index contributed by atoms with van der Waals surface area (Å²) in [5, 5.41) is 12.1. The second-order valence-electron chi connectivity index (χ2n) is 6.59. The second-order valence-corrected chi connectivity index (χ2v) is 10.0. The van der Waals surface area contributed by atoms with Crippen LogP contribution in [0.3, 0.4) is 0 Å². The van der Waals surface area contributed by atoms with E-state index in [0.717, 1.165) is 59.1 Å². The van der Waals surface area contributed by atoms with Crippen LogP contribution >= 0.6 is 34.9 Å². The minimum atomic E-state index is -4.62. The van der Waals surface area contributed by atoms with Gasteiger partial charge in [-0.1, -0.05) is 59.1 Å². The first-order valence-corrected chi connectivity index (χ1v) is 12.2. The monoisotopic (exact) mass is 552 g/mol. The van der Waals surface area contributed by atoms with Crippen molar-refractivity contribution in [1.29, 1.82) is 0 Å². The molecule has 15 heteroatoms. The zero-order chi connectivity index (χ0) is 25.6. The number of hydrogen-bond donors (Lipinski definition) is 2. The number of nitrogens with one attached hydrogen (secondary N) is 2. The van der Waals surface area contributed by atoms with E-state index in [-0.39, 0.29) is 22.9 Å². The molecule has 0 atom stereocenters. The van der Waals surface area contributed by atoms with Gasteiger partial charge in [-0.25, -0.2) is 0 Å². The summed E-state index contributed by atoms with van der Waals surface area (Å²) in [7, 11) is 0. The number of benzene rings is 2. The second kappa shape index (κ2) is 11.3. The fourth-order valence-electron chi connectivity index (χ4n) is 2.62. The summed E-state index contributed by atoms with van der Waals surface area (Å²) in [6.07, 6.45) is -9.24. The molecule has 0 unspecified atom stereocenters. The maximum absolute atomic E-state index is 13.0. The van der Waals surface area contributed by atoms with Gasteiger partial charge < -0.3 is 10.6 Å². The zero-order valence-electron chi connectivity index (χ0n) is 17.2. The molecule has 0 radical (unpaired) electrons. The van der Waals surface area contributed by atoms with Gasteiger partial charge in [0.2, 0.25) is 11.8 Å². The molecule has 0 aliphatic carbocycles. The number of rotatable bonds is 8. The van der Waals surface area contributed by atoms with E-state index in [9.17, 15) is 35.9 Å². The zero-order valence-corrected chi connectivity index (χ0v) is 19.7. The molecule has 0 saturated carbocycles. The van der Waals surface area contributed by atoms with Crippen LogP contribution in [-0.4, -0.2) is 33.5 Å². The van der Waals surface area contributed by atoms with Crippen LogP contribution in [0.4, 0.5) is 37.7 Å². The molecular weight excluding hydrogens is 538 g/mol. The van der Waals surface area contributed by atoms with Crippen molar-refractivity contribution in [2.45, 2.75) is 21.0 Å². The van der Waals surface area contributed by atoms with Crippen LogP contribution in [-0.2, 0) is 21.9 Å². The predicted molar refractivity (Wildman–Crippen MR) is 122 cm³/mol. The number of thioether (sulfide) groups is 2. The first-order chi connectivity index (χ1) is 16.4. The summed E-state index contributed by atoms with van der Waals surface area (Å²) >= 11 is 2.90. The smallest absolute Gasteiger partial charge is 0.325 e. The number of halogens is 6. The Bertz CT molecular complexity index is 1110. The molecule has 3 rings (SSSR count). The number of hydrogen-bond acceptors (Lipinski definition) is 7.